The highest BCUT2D eigenvalue weighted by molar-refractivity contribution is 7.97. The molecule has 0 saturated carbocycles. The van der Waals surface area contributed by atoms with Gasteiger partial charge >= 0.3 is 5.97 Å². The number of hydrogen-bond donors (Lipinski definition) is 1. The highest BCUT2D eigenvalue weighted by atomic mass is 32.2. The summed E-state index contributed by atoms with van der Waals surface area (Å²) in [6, 6.07) is 7.78. The molecule has 1 aliphatic rings. The number of ether oxygens (including phenoxy) is 1. The number of carbonyl (C=O) groups is 2. The van der Waals surface area contributed by atoms with E-state index in [1.54, 1.807) is 16.7 Å². The fourth-order valence-corrected chi connectivity index (χ4v) is 3.52. The largest absolute Gasteiger partial charge is 0.481 e. The molecule has 1 unspecified atom stereocenters. The minimum atomic E-state index is -0.915. The van der Waals surface area contributed by atoms with Gasteiger partial charge in [-0.3, -0.25) is 9.59 Å². The summed E-state index contributed by atoms with van der Waals surface area (Å²) < 4.78 is 7.39. The molecule has 8 heteroatoms. The zero-order valence-electron chi connectivity index (χ0n) is 14.1. The maximum atomic E-state index is 12.8. The molecular weight excluding hydrogens is 342 g/mol. The summed E-state index contributed by atoms with van der Waals surface area (Å²) in [4.78, 5) is 29.9. The average Bonchev–Trinajstić information content (AvgIpc) is 2.92. The third kappa shape index (κ3) is 4.13. The van der Waals surface area contributed by atoms with E-state index >= 15 is 0 Å². The summed E-state index contributed by atoms with van der Waals surface area (Å²) in [5.74, 6) is 0.649. The molecule has 1 N–H and O–H groups in total. The number of hydrogen-bond acceptors (Lipinski definition) is 5. The number of rotatable bonds is 6. The van der Waals surface area contributed by atoms with Crippen molar-refractivity contribution in [3.8, 4) is 0 Å². The van der Waals surface area contributed by atoms with Gasteiger partial charge in [0.1, 0.15) is 12.4 Å². The van der Waals surface area contributed by atoms with Crippen LogP contribution < -0.4 is 0 Å². The normalized spacial score (nSPS) is 17.8. The molecule has 1 saturated heterocycles. The van der Waals surface area contributed by atoms with Crippen LogP contribution in [0.15, 0.2) is 24.3 Å². The van der Waals surface area contributed by atoms with Crippen LogP contribution in [0.25, 0.3) is 11.0 Å². The molecule has 7 nitrogen and oxygen atoms in total. The van der Waals surface area contributed by atoms with E-state index in [1.165, 1.54) is 0 Å². The van der Waals surface area contributed by atoms with E-state index < -0.39 is 12.1 Å². The number of aromatic nitrogens is 2. The second-order valence-electron chi connectivity index (χ2n) is 5.97. The number of morpholine rings is 1. The lowest BCUT2D eigenvalue weighted by molar-refractivity contribution is -0.148. The van der Waals surface area contributed by atoms with Crippen LogP contribution in [0.2, 0.25) is 0 Å². The Labute approximate surface area is 150 Å². The van der Waals surface area contributed by atoms with Crippen molar-refractivity contribution in [2.75, 3.05) is 26.0 Å². The topological polar surface area (TPSA) is 84.7 Å². The molecule has 1 aromatic carbocycles. The van der Waals surface area contributed by atoms with E-state index in [4.69, 9.17) is 9.84 Å². The first-order valence-corrected chi connectivity index (χ1v) is 9.52. The van der Waals surface area contributed by atoms with Crippen molar-refractivity contribution < 1.29 is 19.4 Å². The van der Waals surface area contributed by atoms with Gasteiger partial charge in [0.05, 0.1) is 35.9 Å². The standard InChI is InChI=1S/C17H21N3O4S/c1-25-11-15-18-13-4-2-3-5-14(13)20(15)10-16(21)19-6-7-24-12(9-19)8-17(22)23/h2-5,12H,6-11H2,1H3,(H,22,23). The monoisotopic (exact) mass is 363 g/mol. The molecule has 0 spiro atoms. The molecule has 2 aromatic rings. The predicted octanol–water partition coefficient (Wildman–Crippen LogP) is 1.60. The smallest absolute Gasteiger partial charge is 0.306 e. The molecule has 1 aromatic heterocycles. The first kappa shape index (κ1) is 17.8. The second kappa shape index (κ2) is 7.88. The summed E-state index contributed by atoms with van der Waals surface area (Å²) in [7, 11) is 0. The Morgan fingerprint density at radius 3 is 2.96 bits per heavy atom. The number of carboxylic acids is 1. The van der Waals surface area contributed by atoms with Gasteiger partial charge in [-0.15, -0.1) is 0 Å². The molecule has 0 aliphatic carbocycles. The molecule has 1 amide bonds. The van der Waals surface area contributed by atoms with Gasteiger partial charge in [0, 0.05) is 13.1 Å². The molecule has 3 rings (SSSR count). The lowest BCUT2D eigenvalue weighted by Crippen LogP contribution is -2.47. The van der Waals surface area contributed by atoms with Crippen molar-refractivity contribution in [2.45, 2.75) is 24.8 Å². The lowest BCUT2D eigenvalue weighted by atomic mass is 10.2. The van der Waals surface area contributed by atoms with Gasteiger partial charge < -0.3 is 19.3 Å². The Bertz CT molecular complexity index is 776. The van der Waals surface area contributed by atoms with Crippen molar-refractivity contribution in [3.05, 3.63) is 30.1 Å². The van der Waals surface area contributed by atoms with E-state index in [1.807, 2.05) is 35.1 Å². The predicted molar refractivity (Wildman–Crippen MR) is 95.5 cm³/mol. The van der Waals surface area contributed by atoms with Crippen molar-refractivity contribution in [1.29, 1.82) is 0 Å². The lowest BCUT2D eigenvalue weighted by Gasteiger charge is -2.32. The number of carboxylic acid groups (broad SMARTS) is 1. The van der Waals surface area contributed by atoms with Gasteiger partial charge in [-0.05, 0) is 18.4 Å². The van der Waals surface area contributed by atoms with Crippen LogP contribution in [0, 0.1) is 0 Å². The Morgan fingerprint density at radius 1 is 1.40 bits per heavy atom. The molecule has 1 fully saturated rings. The molecule has 1 aliphatic heterocycles. The van der Waals surface area contributed by atoms with Crippen LogP contribution in [0.3, 0.4) is 0 Å². The van der Waals surface area contributed by atoms with E-state index in [0.717, 1.165) is 22.6 Å². The van der Waals surface area contributed by atoms with Gasteiger partial charge in [0.25, 0.3) is 0 Å². The van der Waals surface area contributed by atoms with Crippen molar-refractivity contribution in [2.24, 2.45) is 0 Å². The Morgan fingerprint density at radius 2 is 2.20 bits per heavy atom. The van der Waals surface area contributed by atoms with Crippen LogP contribution in [0.4, 0.5) is 0 Å². The summed E-state index contributed by atoms with van der Waals surface area (Å²) in [5.41, 5.74) is 1.82. The first-order chi connectivity index (χ1) is 12.1. The van der Waals surface area contributed by atoms with Crippen LogP contribution >= 0.6 is 11.8 Å². The molecular formula is C17H21N3O4S. The Kier molecular flexibility index (Phi) is 5.60. The zero-order valence-corrected chi connectivity index (χ0v) is 14.9. The SMILES string of the molecule is CSCc1nc2ccccc2n1CC(=O)N1CCOC(CC(=O)O)C1. The van der Waals surface area contributed by atoms with Crippen LogP contribution in [0.5, 0.6) is 0 Å². The van der Waals surface area contributed by atoms with Crippen LogP contribution in [-0.4, -0.2) is 63.5 Å². The first-order valence-electron chi connectivity index (χ1n) is 8.12. The Balaban J connectivity index is 1.77. The average molecular weight is 363 g/mol. The summed E-state index contributed by atoms with van der Waals surface area (Å²) in [5, 5.41) is 8.91. The van der Waals surface area contributed by atoms with E-state index in [-0.39, 0.29) is 18.9 Å². The van der Waals surface area contributed by atoms with E-state index in [2.05, 4.69) is 4.98 Å². The van der Waals surface area contributed by atoms with Gasteiger partial charge in [0.2, 0.25) is 5.91 Å². The number of benzene rings is 1. The molecule has 0 bridgehead atoms. The number of amides is 1. The quantitative estimate of drug-likeness (QED) is 0.839. The molecule has 1 atom stereocenters. The maximum Gasteiger partial charge on any atom is 0.306 e. The van der Waals surface area contributed by atoms with E-state index in [9.17, 15) is 9.59 Å². The fraction of sp³-hybridized carbons (Fsp3) is 0.471. The molecule has 25 heavy (non-hydrogen) atoms. The van der Waals surface area contributed by atoms with E-state index in [0.29, 0.717) is 19.7 Å². The number of thioether (sulfide) groups is 1. The third-order valence-electron chi connectivity index (χ3n) is 4.19. The second-order valence-corrected chi connectivity index (χ2v) is 6.83. The number of nitrogens with zero attached hydrogens (tertiary/aromatic N) is 3. The molecule has 134 valence electrons. The van der Waals surface area contributed by atoms with Crippen LogP contribution in [0.1, 0.15) is 12.2 Å². The fourth-order valence-electron chi connectivity index (χ4n) is 3.04. The van der Waals surface area contributed by atoms with Crippen molar-refractivity contribution in [1.82, 2.24) is 14.5 Å². The zero-order chi connectivity index (χ0) is 17.8. The highest BCUT2D eigenvalue weighted by Crippen LogP contribution is 2.20. The number of para-hydroxylation sites is 2. The third-order valence-corrected chi connectivity index (χ3v) is 4.74. The Hall–Kier alpha value is -2.06. The van der Waals surface area contributed by atoms with Gasteiger partial charge in [-0.1, -0.05) is 12.1 Å². The summed E-state index contributed by atoms with van der Waals surface area (Å²) >= 11 is 1.66. The van der Waals surface area contributed by atoms with Crippen molar-refractivity contribution >= 4 is 34.7 Å². The number of fused-ring (bicyclic) bond motifs is 1. The minimum Gasteiger partial charge on any atom is -0.481 e. The molecule has 0 radical (unpaired) electrons. The van der Waals surface area contributed by atoms with Gasteiger partial charge in [0.15, 0.2) is 0 Å². The van der Waals surface area contributed by atoms with Crippen LogP contribution in [-0.2, 0) is 26.6 Å². The van der Waals surface area contributed by atoms with Gasteiger partial charge in [-0.2, -0.15) is 11.8 Å². The summed E-state index contributed by atoms with van der Waals surface area (Å²) in [6.07, 6.45) is 1.47. The highest BCUT2D eigenvalue weighted by Gasteiger charge is 2.26. The minimum absolute atomic E-state index is 0.0378. The molecule has 2 heterocycles. The van der Waals surface area contributed by atoms with Crippen molar-refractivity contribution in [3.63, 3.8) is 0 Å². The summed E-state index contributed by atoms with van der Waals surface area (Å²) in [6.45, 7) is 1.37. The number of imidazole rings is 1. The van der Waals surface area contributed by atoms with Gasteiger partial charge in [-0.25, -0.2) is 4.98 Å². The number of aliphatic carboxylic acids is 1. The number of carbonyl (C=O) groups excluding carboxylic acids is 1. The maximum absolute atomic E-state index is 12.8.